The van der Waals surface area contributed by atoms with Gasteiger partial charge in [-0.15, -0.1) is 0 Å². The predicted molar refractivity (Wildman–Crippen MR) is 97.9 cm³/mol. The summed E-state index contributed by atoms with van der Waals surface area (Å²) in [5.74, 6) is 0.270. The van der Waals surface area contributed by atoms with Crippen molar-refractivity contribution in [1.29, 1.82) is 0 Å². The molecule has 0 saturated carbocycles. The topological polar surface area (TPSA) is 43.4 Å². The zero-order valence-electron chi connectivity index (χ0n) is 14.0. The lowest BCUT2D eigenvalue weighted by Crippen LogP contribution is -2.42. The van der Waals surface area contributed by atoms with E-state index in [1.54, 1.807) is 24.3 Å². The minimum absolute atomic E-state index is 0.0233. The van der Waals surface area contributed by atoms with Gasteiger partial charge in [0.25, 0.3) is 0 Å². The number of hydrogen-bond acceptors (Lipinski definition) is 3. The second-order valence-electron chi connectivity index (χ2n) is 6.86. The molecule has 3 nitrogen and oxygen atoms in total. The molecule has 0 spiro atoms. The van der Waals surface area contributed by atoms with E-state index < -0.39 is 15.1 Å². The van der Waals surface area contributed by atoms with Gasteiger partial charge in [-0.3, -0.25) is 0 Å². The summed E-state index contributed by atoms with van der Waals surface area (Å²) in [4.78, 5) is 0.416. The fraction of sp³-hybridized carbons (Fsp3) is 0.333. The Bertz CT molecular complexity index is 843. The Morgan fingerprint density at radius 3 is 2.32 bits per heavy atom. The van der Waals surface area contributed by atoms with Gasteiger partial charge in [0.2, 0.25) is 0 Å². The third kappa shape index (κ3) is 3.16. The third-order valence-electron chi connectivity index (χ3n) is 5.40. The van der Waals surface area contributed by atoms with Gasteiger partial charge in [-0.2, -0.15) is 0 Å². The smallest absolute Gasteiger partial charge is 0.181 e. The van der Waals surface area contributed by atoms with Gasteiger partial charge in [-0.1, -0.05) is 60.7 Å². The lowest BCUT2D eigenvalue weighted by Gasteiger charge is -2.41. The van der Waals surface area contributed by atoms with Crippen molar-refractivity contribution in [3.8, 4) is 0 Å². The first kappa shape index (κ1) is 16.6. The summed E-state index contributed by atoms with van der Waals surface area (Å²) in [6.45, 7) is 0.491. The Morgan fingerprint density at radius 1 is 0.920 bits per heavy atom. The van der Waals surface area contributed by atoms with E-state index in [-0.39, 0.29) is 17.9 Å². The number of benzene rings is 2. The highest BCUT2D eigenvalue weighted by molar-refractivity contribution is 7.92. The van der Waals surface area contributed by atoms with Crippen LogP contribution in [-0.4, -0.2) is 20.3 Å². The second kappa shape index (κ2) is 6.77. The molecule has 1 aliphatic heterocycles. The second-order valence-corrected chi connectivity index (χ2v) is 9.02. The first-order valence-electron chi connectivity index (χ1n) is 8.78. The van der Waals surface area contributed by atoms with Crippen molar-refractivity contribution in [2.75, 3.05) is 6.61 Å². The van der Waals surface area contributed by atoms with E-state index in [0.717, 1.165) is 6.42 Å². The van der Waals surface area contributed by atoms with Crippen LogP contribution in [0.1, 0.15) is 24.5 Å². The van der Waals surface area contributed by atoms with E-state index in [2.05, 4.69) is 18.2 Å². The molecule has 0 amide bonds. The maximum atomic E-state index is 13.1. The molecule has 4 rings (SSSR count). The van der Waals surface area contributed by atoms with E-state index in [0.29, 0.717) is 17.9 Å². The molecule has 4 atom stereocenters. The van der Waals surface area contributed by atoms with Crippen LogP contribution in [0.5, 0.6) is 0 Å². The molecule has 1 aliphatic carbocycles. The third-order valence-corrected chi connectivity index (χ3v) is 7.67. The van der Waals surface area contributed by atoms with Gasteiger partial charge in [-0.05, 0) is 36.5 Å². The number of ether oxygens (including phenoxy) is 1. The van der Waals surface area contributed by atoms with E-state index in [1.165, 1.54) is 5.56 Å². The Morgan fingerprint density at radius 2 is 1.60 bits per heavy atom. The number of hydrogen-bond donors (Lipinski definition) is 0. The highest BCUT2D eigenvalue weighted by Crippen LogP contribution is 2.42. The van der Waals surface area contributed by atoms with Gasteiger partial charge in [-0.25, -0.2) is 8.42 Å². The van der Waals surface area contributed by atoms with E-state index in [9.17, 15) is 8.42 Å². The summed E-state index contributed by atoms with van der Waals surface area (Å²) >= 11 is 0. The minimum atomic E-state index is -3.35. The monoisotopic (exact) mass is 354 g/mol. The number of rotatable bonds is 3. The van der Waals surface area contributed by atoms with Crippen molar-refractivity contribution in [3.63, 3.8) is 0 Å². The van der Waals surface area contributed by atoms with Gasteiger partial charge in [0.15, 0.2) is 9.84 Å². The van der Waals surface area contributed by atoms with Gasteiger partial charge >= 0.3 is 0 Å². The zero-order valence-corrected chi connectivity index (χ0v) is 14.8. The van der Waals surface area contributed by atoms with Crippen molar-refractivity contribution in [3.05, 3.63) is 78.4 Å². The van der Waals surface area contributed by atoms with Gasteiger partial charge < -0.3 is 4.74 Å². The average Bonchev–Trinajstić information content (AvgIpc) is 2.68. The molecular weight excluding hydrogens is 332 g/mol. The van der Waals surface area contributed by atoms with Crippen LogP contribution >= 0.6 is 0 Å². The molecule has 1 heterocycles. The Labute approximate surface area is 149 Å². The highest BCUT2D eigenvalue weighted by Gasteiger charge is 2.43. The first-order chi connectivity index (χ1) is 12.2. The molecular formula is C21H22O3S. The van der Waals surface area contributed by atoms with Crippen LogP contribution in [0.15, 0.2) is 77.7 Å². The van der Waals surface area contributed by atoms with Crippen molar-refractivity contribution in [1.82, 2.24) is 0 Å². The zero-order chi connectivity index (χ0) is 17.3. The molecule has 0 bridgehead atoms. The summed E-state index contributed by atoms with van der Waals surface area (Å²) < 4.78 is 32.3. The SMILES string of the molecule is O=S(=O)(c1ccccc1)[C@H]1CC=C[C@@H]2C[C@@H](c3ccccc3)OC[C@@H]21. The minimum Gasteiger partial charge on any atom is -0.373 e. The molecule has 0 aromatic heterocycles. The molecule has 4 heteroatoms. The number of fused-ring (bicyclic) bond motifs is 1. The largest absolute Gasteiger partial charge is 0.373 e. The summed E-state index contributed by atoms with van der Waals surface area (Å²) in [7, 11) is -3.35. The standard InChI is InChI=1S/C21H22O3S/c22-25(23,18-11-5-2-6-12-18)21-13-7-10-17-14-20(24-15-19(17)21)16-8-3-1-4-9-16/h1-12,17,19-21H,13-15H2/t17-,19+,20+,21+/m1/s1. The Balaban J connectivity index is 1.58. The van der Waals surface area contributed by atoms with Crippen molar-refractivity contribution in [2.45, 2.75) is 29.1 Å². The maximum Gasteiger partial charge on any atom is 0.181 e. The molecule has 2 aliphatic rings. The lowest BCUT2D eigenvalue weighted by molar-refractivity contribution is -0.0397. The fourth-order valence-corrected chi connectivity index (χ4v) is 6.04. The summed E-state index contributed by atoms with van der Waals surface area (Å²) in [5.41, 5.74) is 1.17. The molecule has 130 valence electrons. The lowest BCUT2D eigenvalue weighted by atomic mass is 9.78. The Kier molecular flexibility index (Phi) is 4.48. The van der Waals surface area contributed by atoms with Gasteiger partial charge in [0, 0.05) is 5.92 Å². The molecule has 1 saturated heterocycles. The van der Waals surface area contributed by atoms with Crippen LogP contribution in [0.25, 0.3) is 0 Å². The quantitative estimate of drug-likeness (QED) is 0.777. The Hall–Kier alpha value is -1.91. The van der Waals surface area contributed by atoms with Crippen LogP contribution in [0.2, 0.25) is 0 Å². The van der Waals surface area contributed by atoms with Crippen LogP contribution < -0.4 is 0 Å². The van der Waals surface area contributed by atoms with Crippen LogP contribution in [-0.2, 0) is 14.6 Å². The molecule has 2 aromatic carbocycles. The van der Waals surface area contributed by atoms with Crippen molar-refractivity contribution < 1.29 is 13.2 Å². The molecule has 0 N–H and O–H groups in total. The molecule has 25 heavy (non-hydrogen) atoms. The average molecular weight is 354 g/mol. The predicted octanol–water partition coefficient (Wildman–Crippen LogP) is 4.18. The highest BCUT2D eigenvalue weighted by atomic mass is 32.2. The van der Waals surface area contributed by atoms with E-state index >= 15 is 0 Å². The van der Waals surface area contributed by atoms with Crippen LogP contribution in [0.3, 0.4) is 0 Å². The van der Waals surface area contributed by atoms with Gasteiger partial charge in [0.1, 0.15) is 0 Å². The first-order valence-corrected chi connectivity index (χ1v) is 10.3. The summed E-state index contributed by atoms with van der Waals surface area (Å²) in [6.07, 6.45) is 5.69. The van der Waals surface area contributed by atoms with Gasteiger partial charge in [0.05, 0.1) is 22.9 Å². The molecule has 0 radical (unpaired) electrons. The number of allylic oxidation sites excluding steroid dienone is 2. The maximum absolute atomic E-state index is 13.1. The number of sulfone groups is 1. The molecule has 0 unspecified atom stereocenters. The summed E-state index contributed by atoms with van der Waals surface area (Å²) in [5, 5.41) is -0.401. The van der Waals surface area contributed by atoms with Crippen molar-refractivity contribution >= 4 is 9.84 Å². The van der Waals surface area contributed by atoms with E-state index in [1.807, 2.05) is 30.3 Å². The van der Waals surface area contributed by atoms with Crippen molar-refractivity contribution in [2.24, 2.45) is 11.8 Å². The normalized spacial score (nSPS) is 29.1. The van der Waals surface area contributed by atoms with Crippen LogP contribution in [0.4, 0.5) is 0 Å². The molecule has 1 fully saturated rings. The van der Waals surface area contributed by atoms with E-state index in [4.69, 9.17) is 4.74 Å². The van der Waals surface area contributed by atoms with Crippen LogP contribution in [0, 0.1) is 11.8 Å². The summed E-state index contributed by atoms with van der Waals surface area (Å²) in [6, 6.07) is 19.0. The fourth-order valence-electron chi connectivity index (χ4n) is 4.05. The molecule has 2 aromatic rings.